The van der Waals surface area contributed by atoms with Crippen LogP contribution in [0.1, 0.15) is 46.5 Å². The van der Waals surface area contributed by atoms with Crippen LogP contribution >= 0.6 is 0 Å². The van der Waals surface area contributed by atoms with Gasteiger partial charge in [0.15, 0.2) is 5.96 Å². The summed E-state index contributed by atoms with van der Waals surface area (Å²) in [5.41, 5.74) is 0.170. The average molecular weight is 388 g/mol. The molecule has 0 bridgehead atoms. The van der Waals surface area contributed by atoms with Gasteiger partial charge in [-0.1, -0.05) is 39.0 Å². The molecule has 0 radical (unpaired) electrons. The van der Waals surface area contributed by atoms with E-state index in [9.17, 15) is 0 Å². The molecular weight excluding hydrogens is 350 g/mol. The summed E-state index contributed by atoms with van der Waals surface area (Å²) in [5.74, 6) is 2.51. The lowest BCUT2D eigenvalue weighted by Gasteiger charge is -2.41. The fourth-order valence-corrected chi connectivity index (χ4v) is 4.44. The quantitative estimate of drug-likeness (QED) is 0.628. The molecule has 0 amide bonds. The summed E-state index contributed by atoms with van der Waals surface area (Å²) in [6.07, 6.45) is 5.00. The molecule has 3 rings (SSSR count). The minimum Gasteiger partial charge on any atom is -0.490 e. The third-order valence-corrected chi connectivity index (χ3v) is 5.82. The maximum atomic E-state index is 6.13. The number of nitrogens with one attached hydrogen (secondary N) is 1. The van der Waals surface area contributed by atoms with Crippen molar-refractivity contribution in [3.63, 3.8) is 0 Å². The summed E-state index contributed by atoms with van der Waals surface area (Å²) in [7, 11) is 1.88. The van der Waals surface area contributed by atoms with E-state index in [0.717, 1.165) is 57.2 Å². The molecule has 1 aromatic rings. The van der Waals surface area contributed by atoms with Crippen molar-refractivity contribution >= 4 is 5.96 Å². The first-order chi connectivity index (χ1) is 13.5. The van der Waals surface area contributed by atoms with E-state index in [4.69, 9.17) is 9.47 Å². The highest BCUT2D eigenvalue weighted by atomic mass is 16.5. The van der Waals surface area contributed by atoms with E-state index in [1.54, 1.807) is 0 Å². The number of likely N-dealkylation sites (tertiary alicyclic amines) is 1. The van der Waals surface area contributed by atoms with Gasteiger partial charge in [0.1, 0.15) is 11.9 Å². The largest absolute Gasteiger partial charge is 0.490 e. The maximum Gasteiger partial charge on any atom is 0.193 e. The summed E-state index contributed by atoms with van der Waals surface area (Å²) in [6.45, 7) is 10.6. The summed E-state index contributed by atoms with van der Waals surface area (Å²) in [5, 5.41) is 3.63. The van der Waals surface area contributed by atoms with Crippen LogP contribution in [0, 0.1) is 11.3 Å². The van der Waals surface area contributed by atoms with Gasteiger partial charge in [-0.3, -0.25) is 4.99 Å². The number of rotatable bonds is 4. The minimum absolute atomic E-state index is 0.170. The Morgan fingerprint density at radius 1 is 1.18 bits per heavy atom. The molecule has 2 unspecified atom stereocenters. The lowest BCUT2D eigenvalue weighted by atomic mass is 9.78. The first-order valence-corrected chi connectivity index (χ1v) is 10.8. The van der Waals surface area contributed by atoms with E-state index in [-0.39, 0.29) is 11.5 Å². The first-order valence-electron chi connectivity index (χ1n) is 10.8. The minimum atomic E-state index is 0.170. The van der Waals surface area contributed by atoms with Crippen LogP contribution in [0.25, 0.3) is 0 Å². The number of piperidine rings is 1. The monoisotopic (exact) mass is 387 g/mol. The Kier molecular flexibility index (Phi) is 7.22. The van der Waals surface area contributed by atoms with Crippen molar-refractivity contribution in [3.05, 3.63) is 30.3 Å². The standard InChI is InChI=1S/C23H37N3O2/c1-23(2,3)21-18(9-8-16-27-21)17-25-22(24-4)26-14-12-20(13-15-26)28-19-10-6-5-7-11-19/h5-7,10-11,18,20-21H,8-9,12-17H2,1-4H3,(H,24,25). The van der Waals surface area contributed by atoms with Gasteiger partial charge in [-0.05, 0) is 30.4 Å². The number of ether oxygens (including phenoxy) is 2. The number of nitrogens with zero attached hydrogens (tertiary/aromatic N) is 2. The molecule has 2 fully saturated rings. The zero-order valence-corrected chi connectivity index (χ0v) is 18.0. The van der Waals surface area contributed by atoms with Crippen molar-refractivity contribution in [3.8, 4) is 5.75 Å². The molecule has 0 aromatic heterocycles. The van der Waals surface area contributed by atoms with E-state index in [2.05, 4.69) is 36.0 Å². The number of hydrogen-bond donors (Lipinski definition) is 1. The highest BCUT2D eigenvalue weighted by Gasteiger charge is 2.35. The van der Waals surface area contributed by atoms with Crippen LogP contribution in [-0.2, 0) is 4.74 Å². The fourth-order valence-electron chi connectivity index (χ4n) is 4.44. The van der Waals surface area contributed by atoms with Crippen molar-refractivity contribution in [2.24, 2.45) is 16.3 Å². The molecule has 0 saturated carbocycles. The van der Waals surface area contributed by atoms with Crippen LogP contribution in [0.15, 0.2) is 35.3 Å². The molecule has 1 N–H and O–H groups in total. The van der Waals surface area contributed by atoms with Crippen LogP contribution < -0.4 is 10.1 Å². The molecule has 28 heavy (non-hydrogen) atoms. The lowest BCUT2D eigenvalue weighted by molar-refractivity contribution is -0.0836. The number of guanidine groups is 1. The Bertz CT molecular complexity index is 618. The van der Waals surface area contributed by atoms with Crippen LogP contribution in [0.4, 0.5) is 0 Å². The van der Waals surface area contributed by atoms with Gasteiger partial charge < -0.3 is 19.7 Å². The van der Waals surface area contributed by atoms with Crippen LogP contribution in [0.3, 0.4) is 0 Å². The van der Waals surface area contributed by atoms with Gasteiger partial charge in [-0.2, -0.15) is 0 Å². The Balaban J connectivity index is 1.48. The Morgan fingerprint density at radius 3 is 2.54 bits per heavy atom. The van der Waals surface area contributed by atoms with Gasteiger partial charge >= 0.3 is 0 Å². The molecule has 2 saturated heterocycles. The number of benzene rings is 1. The molecule has 2 heterocycles. The van der Waals surface area contributed by atoms with E-state index in [0.29, 0.717) is 12.0 Å². The molecule has 156 valence electrons. The van der Waals surface area contributed by atoms with Crippen molar-refractivity contribution in [2.45, 2.75) is 58.7 Å². The van der Waals surface area contributed by atoms with Gasteiger partial charge in [0.25, 0.3) is 0 Å². The Labute approximate surface area is 170 Å². The maximum absolute atomic E-state index is 6.13. The smallest absolute Gasteiger partial charge is 0.193 e. The number of aliphatic imine (C=N–C) groups is 1. The van der Waals surface area contributed by atoms with E-state index in [1.165, 1.54) is 6.42 Å². The molecule has 5 nitrogen and oxygen atoms in total. The average Bonchev–Trinajstić information content (AvgIpc) is 2.70. The van der Waals surface area contributed by atoms with Crippen molar-refractivity contribution < 1.29 is 9.47 Å². The summed E-state index contributed by atoms with van der Waals surface area (Å²) in [4.78, 5) is 6.90. The molecular formula is C23H37N3O2. The fraction of sp³-hybridized carbons (Fsp3) is 0.696. The molecule has 2 aliphatic heterocycles. The Morgan fingerprint density at radius 2 is 1.89 bits per heavy atom. The van der Waals surface area contributed by atoms with Crippen molar-refractivity contribution in [1.29, 1.82) is 0 Å². The van der Waals surface area contributed by atoms with Crippen LogP contribution in [0.2, 0.25) is 0 Å². The van der Waals surface area contributed by atoms with E-state index >= 15 is 0 Å². The van der Waals surface area contributed by atoms with Crippen LogP contribution in [-0.4, -0.2) is 56.4 Å². The molecule has 2 atom stereocenters. The van der Waals surface area contributed by atoms with E-state index < -0.39 is 0 Å². The van der Waals surface area contributed by atoms with Gasteiger partial charge in [0.2, 0.25) is 0 Å². The normalized spacial score (nSPS) is 24.9. The summed E-state index contributed by atoms with van der Waals surface area (Å²) in [6, 6.07) is 10.1. The van der Waals surface area contributed by atoms with Gasteiger partial charge in [0.05, 0.1) is 6.10 Å². The molecule has 0 spiro atoms. The highest BCUT2D eigenvalue weighted by Crippen LogP contribution is 2.33. The lowest BCUT2D eigenvalue weighted by Crippen LogP contribution is -2.51. The van der Waals surface area contributed by atoms with Crippen molar-refractivity contribution in [1.82, 2.24) is 10.2 Å². The number of hydrogen-bond acceptors (Lipinski definition) is 3. The Hall–Kier alpha value is -1.75. The highest BCUT2D eigenvalue weighted by molar-refractivity contribution is 5.80. The predicted octanol–water partition coefficient (Wildman–Crippen LogP) is 3.95. The summed E-state index contributed by atoms with van der Waals surface area (Å²) < 4.78 is 12.2. The molecule has 0 aliphatic carbocycles. The summed E-state index contributed by atoms with van der Waals surface area (Å²) >= 11 is 0. The third kappa shape index (κ3) is 5.63. The van der Waals surface area contributed by atoms with Gasteiger partial charge in [-0.25, -0.2) is 0 Å². The van der Waals surface area contributed by atoms with Crippen molar-refractivity contribution in [2.75, 3.05) is 33.3 Å². The molecule has 2 aliphatic rings. The second kappa shape index (κ2) is 9.64. The second-order valence-electron chi connectivity index (χ2n) is 9.11. The third-order valence-electron chi connectivity index (χ3n) is 5.82. The van der Waals surface area contributed by atoms with E-state index in [1.807, 2.05) is 37.4 Å². The SMILES string of the molecule is CN=C(NCC1CCCOC1C(C)(C)C)N1CCC(Oc2ccccc2)CC1. The zero-order chi connectivity index (χ0) is 20.0. The van der Waals surface area contributed by atoms with Gasteiger partial charge in [-0.15, -0.1) is 0 Å². The zero-order valence-electron chi connectivity index (χ0n) is 18.0. The molecule has 1 aromatic carbocycles. The topological polar surface area (TPSA) is 46.1 Å². The van der Waals surface area contributed by atoms with Gasteiger partial charge in [0, 0.05) is 52.0 Å². The first kappa shape index (κ1) is 21.0. The number of para-hydroxylation sites is 1. The second-order valence-corrected chi connectivity index (χ2v) is 9.11. The van der Waals surface area contributed by atoms with Crippen LogP contribution in [0.5, 0.6) is 5.75 Å². The predicted molar refractivity (Wildman–Crippen MR) is 115 cm³/mol. The molecule has 5 heteroatoms.